The van der Waals surface area contributed by atoms with E-state index in [9.17, 15) is 0 Å². The molecule has 0 saturated heterocycles. The van der Waals surface area contributed by atoms with Gasteiger partial charge in [-0.05, 0) is 17.2 Å². The van der Waals surface area contributed by atoms with Crippen molar-refractivity contribution >= 4 is 23.2 Å². The Kier molecular flexibility index (Phi) is 1.02. The van der Waals surface area contributed by atoms with Gasteiger partial charge in [0.2, 0.25) is 0 Å². The zero-order chi connectivity index (χ0) is 6.43. The standard InChI is InChI=1S/C7H4Cl2/c8-6-2-1-4-3-5(6)7(4)9/h1-3,7H. The molecular weight excluding hydrogens is 155 g/mol. The number of benzene rings is 1. The molecule has 46 valence electrons. The minimum atomic E-state index is 0.0718. The summed E-state index contributed by atoms with van der Waals surface area (Å²) in [6, 6.07) is 5.85. The van der Waals surface area contributed by atoms with E-state index in [1.54, 1.807) is 0 Å². The zero-order valence-electron chi connectivity index (χ0n) is 4.57. The molecular formula is C7H4Cl2. The Balaban J connectivity index is 2.65. The molecule has 2 heteroatoms. The minimum Gasteiger partial charge on any atom is -0.113 e. The van der Waals surface area contributed by atoms with Crippen molar-refractivity contribution in [2.75, 3.05) is 0 Å². The first kappa shape index (κ1) is 5.57. The van der Waals surface area contributed by atoms with Crippen LogP contribution in [0, 0.1) is 0 Å². The number of rotatable bonds is 0. The molecule has 0 amide bonds. The summed E-state index contributed by atoms with van der Waals surface area (Å²) < 4.78 is 0. The summed E-state index contributed by atoms with van der Waals surface area (Å²) in [5, 5.41) is 0.854. The van der Waals surface area contributed by atoms with Crippen molar-refractivity contribution in [3.05, 3.63) is 34.3 Å². The molecule has 1 aromatic carbocycles. The van der Waals surface area contributed by atoms with Crippen LogP contribution in [-0.2, 0) is 0 Å². The Labute approximate surface area is 63.4 Å². The Morgan fingerprint density at radius 1 is 1.33 bits per heavy atom. The summed E-state index contributed by atoms with van der Waals surface area (Å²) in [6.45, 7) is 0. The van der Waals surface area contributed by atoms with Gasteiger partial charge in [-0.25, -0.2) is 0 Å². The summed E-state index contributed by atoms with van der Waals surface area (Å²) >= 11 is 11.6. The van der Waals surface area contributed by atoms with E-state index in [0.29, 0.717) is 0 Å². The fraction of sp³-hybridized carbons (Fsp3) is 0.143. The molecule has 3 rings (SSSR count). The van der Waals surface area contributed by atoms with E-state index in [0.717, 1.165) is 10.6 Å². The van der Waals surface area contributed by atoms with Gasteiger partial charge in [0.15, 0.2) is 0 Å². The summed E-state index contributed by atoms with van der Waals surface area (Å²) in [5.74, 6) is 0. The lowest BCUT2D eigenvalue weighted by atomic mass is 9.93. The fourth-order valence-electron chi connectivity index (χ4n) is 0.997. The molecule has 0 fully saturated rings. The second-order valence-electron chi connectivity index (χ2n) is 2.14. The lowest BCUT2D eigenvalue weighted by Crippen LogP contribution is -2.04. The Morgan fingerprint density at radius 2 is 2.11 bits per heavy atom. The number of alkyl halides is 1. The first-order valence-corrected chi connectivity index (χ1v) is 3.54. The van der Waals surface area contributed by atoms with Gasteiger partial charge in [-0.2, -0.15) is 0 Å². The summed E-state index contributed by atoms with van der Waals surface area (Å²) in [6.07, 6.45) is 0. The topological polar surface area (TPSA) is 0 Å². The van der Waals surface area contributed by atoms with E-state index < -0.39 is 0 Å². The van der Waals surface area contributed by atoms with Crippen molar-refractivity contribution in [3.8, 4) is 0 Å². The van der Waals surface area contributed by atoms with Crippen LogP contribution in [-0.4, -0.2) is 0 Å². The van der Waals surface area contributed by atoms with Gasteiger partial charge >= 0.3 is 0 Å². The van der Waals surface area contributed by atoms with Crippen molar-refractivity contribution in [2.24, 2.45) is 0 Å². The highest BCUT2D eigenvalue weighted by atomic mass is 35.5. The van der Waals surface area contributed by atoms with Gasteiger partial charge in [0.25, 0.3) is 0 Å². The monoisotopic (exact) mass is 158 g/mol. The van der Waals surface area contributed by atoms with Crippen molar-refractivity contribution < 1.29 is 0 Å². The normalized spacial score (nSPS) is 21.3. The van der Waals surface area contributed by atoms with Crippen LogP contribution in [0.4, 0.5) is 0 Å². The second kappa shape index (κ2) is 1.65. The average Bonchev–Trinajstić information content (AvgIpc) is 1.86. The number of hydrogen-bond acceptors (Lipinski definition) is 0. The van der Waals surface area contributed by atoms with Crippen LogP contribution in [0.1, 0.15) is 16.5 Å². The molecule has 0 aromatic heterocycles. The lowest BCUT2D eigenvalue weighted by molar-refractivity contribution is 1.04. The van der Waals surface area contributed by atoms with E-state index in [4.69, 9.17) is 23.2 Å². The second-order valence-corrected chi connectivity index (χ2v) is 2.99. The molecule has 9 heavy (non-hydrogen) atoms. The van der Waals surface area contributed by atoms with Crippen LogP contribution in [0.5, 0.6) is 0 Å². The summed E-state index contributed by atoms with van der Waals surface area (Å²) in [4.78, 5) is 0. The molecule has 0 N–H and O–H groups in total. The smallest absolute Gasteiger partial charge is 0.0850 e. The Bertz CT molecular complexity index is 251. The van der Waals surface area contributed by atoms with Gasteiger partial charge in [0, 0.05) is 5.02 Å². The summed E-state index contributed by atoms with van der Waals surface area (Å²) in [5.41, 5.74) is 2.24. The largest absolute Gasteiger partial charge is 0.113 e. The highest BCUT2D eigenvalue weighted by molar-refractivity contribution is 6.34. The van der Waals surface area contributed by atoms with E-state index in [2.05, 4.69) is 0 Å². The Hall–Kier alpha value is -0.200. The number of halogens is 2. The van der Waals surface area contributed by atoms with Crippen LogP contribution in [0.25, 0.3) is 0 Å². The molecule has 1 aromatic rings. The highest BCUT2D eigenvalue weighted by Crippen LogP contribution is 2.42. The molecule has 0 spiro atoms. The van der Waals surface area contributed by atoms with Crippen molar-refractivity contribution in [1.29, 1.82) is 0 Å². The van der Waals surface area contributed by atoms with E-state index >= 15 is 0 Å². The first-order valence-electron chi connectivity index (χ1n) is 2.72. The Morgan fingerprint density at radius 3 is 2.44 bits per heavy atom. The number of fused-ring (bicyclic) bond motifs is 2. The van der Waals surface area contributed by atoms with Crippen LogP contribution in [0.2, 0.25) is 5.02 Å². The third-order valence-corrected chi connectivity index (χ3v) is 2.42. The predicted molar refractivity (Wildman–Crippen MR) is 39.1 cm³/mol. The third kappa shape index (κ3) is 0.606. The molecule has 2 bridgehead atoms. The van der Waals surface area contributed by atoms with Crippen LogP contribution in [0.15, 0.2) is 18.2 Å². The molecule has 0 aliphatic heterocycles. The summed E-state index contributed by atoms with van der Waals surface area (Å²) in [7, 11) is 0. The first-order chi connectivity index (χ1) is 4.29. The molecule has 2 aliphatic rings. The lowest BCUT2D eigenvalue weighted by Gasteiger charge is -2.22. The molecule has 1 unspecified atom stereocenters. The molecule has 0 radical (unpaired) electrons. The SMILES string of the molecule is Clc1ccc2cc1C2Cl. The van der Waals surface area contributed by atoms with Crippen molar-refractivity contribution in [1.82, 2.24) is 0 Å². The maximum absolute atomic E-state index is 5.85. The quantitative estimate of drug-likeness (QED) is 0.510. The van der Waals surface area contributed by atoms with Crippen LogP contribution in [0.3, 0.4) is 0 Å². The molecule has 1 atom stereocenters. The van der Waals surface area contributed by atoms with Crippen molar-refractivity contribution in [2.45, 2.75) is 5.38 Å². The molecule has 0 saturated carbocycles. The van der Waals surface area contributed by atoms with E-state index in [1.165, 1.54) is 5.56 Å². The van der Waals surface area contributed by atoms with Gasteiger partial charge in [-0.3, -0.25) is 0 Å². The highest BCUT2D eigenvalue weighted by Gasteiger charge is 2.23. The fourth-order valence-corrected chi connectivity index (χ4v) is 1.60. The average molecular weight is 159 g/mol. The zero-order valence-corrected chi connectivity index (χ0v) is 6.08. The number of hydrogen-bond donors (Lipinski definition) is 0. The molecule has 0 nitrogen and oxygen atoms in total. The van der Waals surface area contributed by atoms with Gasteiger partial charge in [0.1, 0.15) is 0 Å². The van der Waals surface area contributed by atoms with Gasteiger partial charge < -0.3 is 0 Å². The van der Waals surface area contributed by atoms with Gasteiger partial charge in [-0.15, -0.1) is 11.6 Å². The van der Waals surface area contributed by atoms with E-state index in [1.807, 2.05) is 18.2 Å². The van der Waals surface area contributed by atoms with Gasteiger partial charge in [-0.1, -0.05) is 23.7 Å². The van der Waals surface area contributed by atoms with Crippen LogP contribution < -0.4 is 0 Å². The van der Waals surface area contributed by atoms with Crippen molar-refractivity contribution in [3.63, 3.8) is 0 Å². The van der Waals surface area contributed by atoms with E-state index in [-0.39, 0.29) is 5.38 Å². The third-order valence-electron chi connectivity index (χ3n) is 1.59. The maximum atomic E-state index is 5.85. The minimum absolute atomic E-state index is 0.0718. The molecule has 0 heterocycles. The van der Waals surface area contributed by atoms with Gasteiger partial charge in [0.05, 0.1) is 5.38 Å². The molecule has 2 aliphatic carbocycles. The van der Waals surface area contributed by atoms with Crippen LogP contribution >= 0.6 is 23.2 Å². The predicted octanol–water partition coefficient (Wildman–Crippen LogP) is 2.98. The maximum Gasteiger partial charge on any atom is 0.0850 e.